The van der Waals surface area contributed by atoms with Crippen LogP contribution in [0, 0.1) is 0 Å². The van der Waals surface area contributed by atoms with Gasteiger partial charge in [-0.1, -0.05) is 35.9 Å². The molecular weight excluding hydrogens is 480 g/mol. The van der Waals surface area contributed by atoms with Gasteiger partial charge in [0.15, 0.2) is 0 Å². The van der Waals surface area contributed by atoms with Crippen LogP contribution in [0.2, 0.25) is 5.02 Å². The molecule has 0 unspecified atom stereocenters. The highest BCUT2D eigenvalue weighted by Crippen LogP contribution is 2.25. The van der Waals surface area contributed by atoms with Gasteiger partial charge in [0.2, 0.25) is 0 Å². The molecule has 2 amide bonds. The summed E-state index contributed by atoms with van der Waals surface area (Å²) in [6, 6.07) is 18.3. The minimum Gasteiger partial charge on any atom is -0.460 e. The van der Waals surface area contributed by atoms with Crippen LogP contribution < -0.4 is 4.31 Å². The Balaban J connectivity index is 1.43. The van der Waals surface area contributed by atoms with Gasteiger partial charge in [-0.2, -0.15) is 0 Å². The molecule has 8 nitrogen and oxygen atoms in total. The van der Waals surface area contributed by atoms with Gasteiger partial charge in [0, 0.05) is 12.1 Å². The van der Waals surface area contributed by atoms with E-state index in [4.69, 9.17) is 16.3 Å². The third-order valence-corrected chi connectivity index (χ3v) is 7.34. The number of sulfonamides is 1. The first kappa shape index (κ1) is 23.5. The number of halogens is 1. The predicted octanol–water partition coefficient (Wildman–Crippen LogP) is 3.62. The maximum absolute atomic E-state index is 13.0. The second-order valence-corrected chi connectivity index (χ2v) is 9.83. The first-order valence-electron chi connectivity index (χ1n) is 10.2. The van der Waals surface area contributed by atoms with E-state index in [-0.39, 0.29) is 23.6 Å². The lowest BCUT2D eigenvalue weighted by Crippen LogP contribution is -2.33. The first-order chi connectivity index (χ1) is 16.2. The van der Waals surface area contributed by atoms with Crippen LogP contribution in [0.4, 0.5) is 5.69 Å². The van der Waals surface area contributed by atoms with Crippen LogP contribution in [0.5, 0.6) is 0 Å². The minimum absolute atomic E-state index is 0.0166. The molecule has 174 valence electrons. The molecule has 3 aromatic carbocycles. The number of benzene rings is 3. The second-order valence-electron chi connectivity index (χ2n) is 7.42. The summed E-state index contributed by atoms with van der Waals surface area (Å²) in [5, 5.41) is 0.384. The fourth-order valence-corrected chi connectivity index (χ4v) is 4.93. The van der Waals surface area contributed by atoms with Gasteiger partial charge in [-0.05, 0) is 48.5 Å². The van der Waals surface area contributed by atoms with Crippen LogP contribution in [0.1, 0.15) is 31.1 Å². The van der Waals surface area contributed by atoms with Gasteiger partial charge in [-0.25, -0.2) is 13.2 Å². The van der Waals surface area contributed by atoms with Crippen molar-refractivity contribution in [3.63, 3.8) is 0 Å². The largest absolute Gasteiger partial charge is 0.460 e. The number of imide groups is 1. The summed E-state index contributed by atoms with van der Waals surface area (Å²) in [6.07, 6.45) is 0. The monoisotopic (exact) mass is 498 g/mol. The molecule has 0 aliphatic carbocycles. The molecule has 0 N–H and O–H groups in total. The van der Waals surface area contributed by atoms with Gasteiger partial charge in [-0.3, -0.25) is 18.8 Å². The molecular formula is C24H19ClN2O6S. The summed E-state index contributed by atoms with van der Waals surface area (Å²) >= 11 is 5.96. The van der Waals surface area contributed by atoms with Crippen LogP contribution in [-0.2, 0) is 14.8 Å². The van der Waals surface area contributed by atoms with Crippen molar-refractivity contribution in [1.29, 1.82) is 0 Å². The first-order valence-corrected chi connectivity index (χ1v) is 12.0. The lowest BCUT2D eigenvalue weighted by molar-refractivity contribution is 0.0420. The Bertz CT molecular complexity index is 1370. The molecule has 0 saturated carbocycles. The number of carbonyl (C=O) groups is 3. The number of anilines is 1. The molecule has 0 aromatic heterocycles. The highest BCUT2D eigenvalue weighted by molar-refractivity contribution is 7.92. The second kappa shape index (κ2) is 9.28. The number of hydrogen-bond donors (Lipinski definition) is 0. The van der Waals surface area contributed by atoms with E-state index in [9.17, 15) is 22.8 Å². The molecule has 0 atom stereocenters. The Morgan fingerprint density at radius 3 is 2.24 bits per heavy atom. The van der Waals surface area contributed by atoms with E-state index in [1.165, 1.54) is 37.4 Å². The summed E-state index contributed by atoms with van der Waals surface area (Å²) in [4.78, 5) is 38.2. The van der Waals surface area contributed by atoms with Crippen LogP contribution in [-0.4, -0.2) is 51.3 Å². The summed E-state index contributed by atoms with van der Waals surface area (Å²) in [7, 11) is -2.59. The number of nitrogens with zero attached hydrogens (tertiary/aromatic N) is 2. The van der Waals surface area contributed by atoms with E-state index in [2.05, 4.69) is 0 Å². The van der Waals surface area contributed by atoms with Gasteiger partial charge in [0.05, 0.1) is 33.8 Å². The number of esters is 1. The maximum atomic E-state index is 13.0. The van der Waals surface area contributed by atoms with Gasteiger partial charge in [0.25, 0.3) is 21.8 Å². The van der Waals surface area contributed by atoms with E-state index in [1.54, 1.807) is 42.5 Å². The molecule has 3 aromatic rings. The van der Waals surface area contributed by atoms with Crippen LogP contribution in [0.25, 0.3) is 0 Å². The molecule has 0 radical (unpaired) electrons. The van der Waals surface area contributed by atoms with Crippen LogP contribution in [0.3, 0.4) is 0 Å². The lowest BCUT2D eigenvalue weighted by atomic mass is 10.1. The molecule has 4 rings (SSSR count). The van der Waals surface area contributed by atoms with E-state index < -0.39 is 27.8 Å². The number of ether oxygens (including phenoxy) is 1. The summed E-state index contributed by atoms with van der Waals surface area (Å²) in [6.45, 7) is -0.350. The number of fused-ring (bicyclic) bond motifs is 1. The molecule has 0 saturated heterocycles. The highest BCUT2D eigenvalue weighted by atomic mass is 35.5. The van der Waals surface area contributed by atoms with Crippen molar-refractivity contribution < 1.29 is 27.5 Å². The average Bonchev–Trinajstić information content (AvgIpc) is 3.08. The third-order valence-electron chi connectivity index (χ3n) is 5.33. The van der Waals surface area contributed by atoms with Gasteiger partial charge >= 0.3 is 5.97 Å². The SMILES string of the molecule is CN(c1cccc(Cl)c1)S(=O)(=O)c1cccc(C(=O)OCCN2C(=O)c3ccccc3C2=O)c1. The fourth-order valence-electron chi connectivity index (χ4n) is 3.51. The predicted molar refractivity (Wildman–Crippen MR) is 126 cm³/mol. The van der Waals surface area contributed by atoms with Gasteiger partial charge in [-0.15, -0.1) is 0 Å². The Kier molecular flexibility index (Phi) is 6.41. The van der Waals surface area contributed by atoms with Crippen LogP contribution in [0.15, 0.2) is 77.7 Å². The molecule has 0 bridgehead atoms. The molecule has 1 aliphatic rings. The maximum Gasteiger partial charge on any atom is 0.338 e. The van der Waals surface area contributed by atoms with E-state index in [0.717, 1.165) is 9.21 Å². The van der Waals surface area contributed by atoms with Crippen molar-refractivity contribution in [3.05, 3.63) is 94.5 Å². The van der Waals surface area contributed by atoms with Crippen molar-refractivity contribution in [2.24, 2.45) is 0 Å². The molecule has 10 heteroatoms. The van der Waals surface area contributed by atoms with Crippen LogP contribution >= 0.6 is 11.6 Å². The van der Waals surface area contributed by atoms with Crippen molar-refractivity contribution >= 4 is 45.1 Å². The van der Waals surface area contributed by atoms with E-state index >= 15 is 0 Å². The normalized spacial score (nSPS) is 13.1. The van der Waals surface area contributed by atoms with Crippen molar-refractivity contribution in [2.45, 2.75) is 4.90 Å². The minimum atomic E-state index is -3.97. The molecule has 1 aliphatic heterocycles. The molecule has 1 heterocycles. The molecule has 0 fully saturated rings. The Labute approximate surface area is 201 Å². The summed E-state index contributed by atoms with van der Waals surface area (Å²) in [5.41, 5.74) is 0.991. The number of hydrogen-bond acceptors (Lipinski definition) is 6. The topological polar surface area (TPSA) is 101 Å². The fraction of sp³-hybridized carbons (Fsp3) is 0.125. The standard InChI is InChI=1S/C24H19ClN2O6S/c1-26(18-8-5-7-17(25)15-18)34(31,32)19-9-4-6-16(14-19)24(30)33-13-12-27-22(28)20-10-2-3-11-21(20)23(27)29/h2-11,14-15H,12-13H2,1H3. The zero-order valence-electron chi connectivity index (χ0n) is 18.0. The third kappa shape index (κ3) is 4.40. The smallest absolute Gasteiger partial charge is 0.338 e. The Morgan fingerprint density at radius 2 is 1.59 bits per heavy atom. The highest BCUT2D eigenvalue weighted by Gasteiger charge is 2.35. The van der Waals surface area contributed by atoms with Gasteiger partial charge < -0.3 is 4.74 Å². The van der Waals surface area contributed by atoms with E-state index in [1.807, 2.05) is 0 Å². The summed E-state index contributed by atoms with van der Waals surface area (Å²) in [5.74, 6) is -1.68. The van der Waals surface area contributed by atoms with Crippen molar-refractivity contribution in [3.8, 4) is 0 Å². The van der Waals surface area contributed by atoms with Crippen molar-refractivity contribution in [2.75, 3.05) is 24.5 Å². The van der Waals surface area contributed by atoms with Gasteiger partial charge in [0.1, 0.15) is 6.61 Å². The van der Waals surface area contributed by atoms with Crippen molar-refractivity contribution in [1.82, 2.24) is 4.90 Å². The quantitative estimate of drug-likeness (QED) is 0.364. The molecule has 34 heavy (non-hydrogen) atoms. The summed E-state index contributed by atoms with van der Waals surface area (Å²) < 4.78 is 32.3. The molecule has 0 spiro atoms. The zero-order valence-corrected chi connectivity index (χ0v) is 19.5. The average molecular weight is 499 g/mol. The van der Waals surface area contributed by atoms with E-state index in [0.29, 0.717) is 21.8 Å². The number of carbonyl (C=O) groups excluding carboxylic acids is 3. The lowest BCUT2D eigenvalue weighted by Gasteiger charge is -2.20. The zero-order chi connectivity index (χ0) is 24.5. The number of amides is 2. The Hall–Kier alpha value is -3.69. The Morgan fingerprint density at radius 1 is 0.941 bits per heavy atom. The number of rotatable bonds is 7.